The van der Waals surface area contributed by atoms with E-state index in [1.165, 1.54) is 0 Å². The lowest BCUT2D eigenvalue weighted by atomic mass is 10.1. The smallest absolute Gasteiger partial charge is 0.231 e. The lowest BCUT2D eigenvalue weighted by Crippen LogP contribution is -2.16. The third-order valence-electron chi connectivity index (χ3n) is 3.09. The Morgan fingerprint density at radius 1 is 1.19 bits per heavy atom. The maximum absolute atomic E-state index is 5.84. The lowest BCUT2D eigenvalue weighted by molar-refractivity contribution is 0.0550. The van der Waals surface area contributed by atoms with Crippen LogP contribution in [-0.4, -0.2) is 32.7 Å². The second-order valence-corrected chi connectivity index (χ2v) is 5.26. The van der Waals surface area contributed by atoms with Crippen LogP contribution in [0.2, 0.25) is 0 Å². The molecule has 0 saturated carbocycles. The van der Waals surface area contributed by atoms with Gasteiger partial charge in [-0.05, 0) is 32.9 Å². The van der Waals surface area contributed by atoms with E-state index in [1.807, 2.05) is 26.0 Å². The van der Waals surface area contributed by atoms with E-state index in [9.17, 15) is 0 Å². The fourth-order valence-corrected chi connectivity index (χ4v) is 2.07. The molecule has 1 aromatic carbocycles. The van der Waals surface area contributed by atoms with Gasteiger partial charge in [0.25, 0.3) is 0 Å². The van der Waals surface area contributed by atoms with Crippen LogP contribution >= 0.6 is 0 Å². The molecule has 21 heavy (non-hydrogen) atoms. The Balaban J connectivity index is 1.98. The quantitative estimate of drug-likeness (QED) is 0.710. The van der Waals surface area contributed by atoms with E-state index in [4.69, 9.17) is 18.9 Å². The third kappa shape index (κ3) is 4.79. The van der Waals surface area contributed by atoms with Gasteiger partial charge in [0.2, 0.25) is 6.79 Å². The molecule has 1 heterocycles. The second-order valence-electron chi connectivity index (χ2n) is 5.26. The highest BCUT2D eigenvalue weighted by molar-refractivity contribution is 5.51. The Bertz CT molecular complexity index is 448. The Labute approximate surface area is 126 Å². The molecule has 1 N–H and O–H groups in total. The average Bonchev–Trinajstić information content (AvgIpc) is 2.90. The molecule has 2 rings (SSSR count). The van der Waals surface area contributed by atoms with Crippen LogP contribution in [0, 0.1) is 0 Å². The van der Waals surface area contributed by atoms with Crippen LogP contribution in [0.15, 0.2) is 12.1 Å². The Morgan fingerprint density at radius 2 is 1.95 bits per heavy atom. The average molecular weight is 295 g/mol. The summed E-state index contributed by atoms with van der Waals surface area (Å²) in [7, 11) is 0. The molecule has 0 saturated heterocycles. The van der Waals surface area contributed by atoms with Crippen molar-refractivity contribution in [3.05, 3.63) is 17.7 Å². The van der Waals surface area contributed by atoms with Crippen molar-refractivity contribution in [3.63, 3.8) is 0 Å². The number of benzene rings is 1. The van der Waals surface area contributed by atoms with Crippen molar-refractivity contribution in [1.82, 2.24) is 5.32 Å². The van der Waals surface area contributed by atoms with Gasteiger partial charge in [0.15, 0.2) is 11.5 Å². The number of hydrogen-bond acceptors (Lipinski definition) is 5. The van der Waals surface area contributed by atoms with Crippen LogP contribution in [0.3, 0.4) is 0 Å². The molecule has 0 radical (unpaired) electrons. The van der Waals surface area contributed by atoms with Crippen molar-refractivity contribution in [1.29, 1.82) is 0 Å². The molecule has 0 aliphatic carbocycles. The van der Waals surface area contributed by atoms with Crippen molar-refractivity contribution in [2.24, 2.45) is 0 Å². The fourth-order valence-electron chi connectivity index (χ4n) is 2.07. The van der Waals surface area contributed by atoms with Crippen LogP contribution in [0.25, 0.3) is 0 Å². The molecule has 1 aromatic rings. The summed E-state index contributed by atoms with van der Waals surface area (Å²) in [6, 6.07) is 3.89. The summed E-state index contributed by atoms with van der Waals surface area (Å²) in [4.78, 5) is 0. The molecular weight excluding hydrogens is 270 g/mol. The zero-order valence-corrected chi connectivity index (χ0v) is 13.1. The molecule has 5 heteroatoms. The van der Waals surface area contributed by atoms with Crippen LogP contribution < -0.4 is 19.5 Å². The summed E-state index contributed by atoms with van der Waals surface area (Å²) < 4.78 is 22.2. The van der Waals surface area contributed by atoms with Gasteiger partial charge in [-0.2, -0.15) is 0 Å². The summed E-state index contributed by atoms with van der Waals surface area (Å²) >= 11 is 0. The highest BCUT2D eigenvalue weighted by Gasteiger charge is 2.18. The minimum Gasteiger partial charge on any atom is -0.491 e. The van der Waals surface area contributed by atoms with Gasteiger partial charge >= 0.3 is 0 Å². The summed E-state index contributed by atoms with van der Waals surface area (Å²) in [5.74, 6) is 2.36. The maximum atomic E-state index is 5.84. The van der Waals surface area contributed by atoms with E-state index < -0.39 is 0 Å². The summed E-state index contributed by atoms with van der Waals surface area (Å²) in [5.41, 5.74) is 1.08. The first kappa shape index (κ1) is 15.9. The minimum atomic E-state index is 0.219. The van der Waals surface area contributed by atoms with Gasteiger partial charge in [-0.25, -0.2) is 0 Å². The topological polar surface area (TPSA) is 49.0 Å². The first-order valence-electron chi connectivity index (χ1n) is 7.58. The van der Waals surface area contributed by atoms with E-state index >= 15 is 0 Å². The molecule has 0 atom stereocenters. The maximum Gasteiger partial charge on any atom is 0.231 e. The monoisotopic (exact) mass is 295 g/mol. The predicted molar refractivity (Wildman–Crippen MR) is 81.1 cm³/mol. The zero-order valence-electron chi connectivity index (χ0n) is 13.1. The lowest BCUT2D eigenvalue weighted by Gasteiger charge is -2.14. The van der Waals surface area contributed by atoms with Gasteiger partial charge in [0.1, 0.15) is 12.4 Å². The van der Waals surface area contributed by atoms with E-state index in [0.29, 0.717) is 13.2 Å². The molecular formula is C16H25NO4. The van der Waals surface area contributed by atoms with Gasteiger partial charge in [-0.3, -0.25) is 0 Å². The molecule has 0 spiro atoms. The normalized spacial score (nSPS) is 13.0. The summed E-state index contributed by atoms with van der Waals surface area (Å²) in [6.45, 7) is 9.29. The predicted octanol–water partition coefficient (Wildman–Crippen LogP) is 2.72. The number of fused-ring (bicyclic) bond motifs is 1. The number of ether oxygens (including phenoxy) is 4. The molecule has 118 valence electrons. The minimum absolute atomic E-state index is 0.219. The molecule has 0 fully saturated rings. The van der Waals surface area contributed by atoms with Crippen molar-refractivity contribution in [3.8, 4) is 17.2 Å². The van der Waals surface area contributed by atoms with Crippen molar-refractivity contribution < 1.29 is 18.9 Å². The Morgan fingerprint density at radius 3 is 2.67 bits per heavy atom. The highest BCUT2D eigenvalue weighted by atomic mass is 16.7. The zero-order chi connectivity index (χ0) is 15.1. The third-order valence-corrected chi connectivity index (χ3v) is 3.09. The van der Waals surface area contributed by atoms with Crippen LogP contribution in [0.5, 0.6) is 17.2 Å². The van der Waals surface area contributed by atoms with Crippen molar-refractivity contribution >= 4 is 0 Å². The number of hydrogen-bond donors (Lipinski definition) is 1. The van der Waals surface area contributed by atoms with Gasteiger partial charge in [0, 0.05) is 18.2 Å². The molecule has 0 amide bonds. The van der Waals surface area contributed by atoms with Gasteiger partial charge in [-0.1, -0.05) is 6.92 Å². The number of nitrogens with one attached hydrogen (secondary N) is 1. The number of rotatable bonds is 9. The van der Waals surface area contributed by atoms with E-state index in [0.717, 1.165) is 42.3 Å². The Hall–Kier alpha value is -1.46. The SMILES string of the molecule is CCCNCc1cc2c(cc1OCCOC(C)C)OCO2. The van der Waals surface area contributed by atoms with E-state index in [-0.39, 0.29) is 12.9 Å². The molecule has 0 aromatic heterocycles. The molecule has 0 bridgehead atoms. The summed E-state index contributed by atoms with van der Waals surface area (Å²) in [6.07, 6.45) is 1.32. The fraction of sp³-hybridized carbons (Fsp3) is 0.625. The van der Waals surface area contributed by atoms with Gasteiger partial charge in [0.05, 0.1) is 12.7 Å². The van der Waals surface area contributed by atoms with Crippen LogP contribution in [0.4, 0.5) is 0 Å². The molecule has 1 aliphatic rings. The first-order valence-corrected chi connectivity index (χ1v) is 7.58. The molecule has 5 nitrogen and oxygen atoms in total. The van der Waals surface area contributed by atoms with E-state index in [2.05, 4.69) is 12.2 Å². The van der Waals surface area contributed by atoms with Crippen LogP contribution in [-0.2, 0) is 11.3 Å². The van der Waals surface area contributed by atoms with Crippen LogP contribution in [0.1, 0.15) is 32.8 Å². The Kier molecular flexibility index (Phi) is 6.14. The second kappa shape index (κ2) is 8.10. The van der Waals surface area contributed by atoms with E-state index in [1.54, 1.807) is 0 Å². The molecule has 0 unspecified atom stereocenters. The highest BCUT2D eigenvalue weighted by Crippen LogP contribution is 2.38. The summed E-state index contributed by atoms with van der Waals surface area (Å²) in [5, 5.41) is 3.38. The van der Waals surface area contributed by atoms with Crippen molar-refractivity contribution in [2.45, 2.75) is 39.8 Å². The first-order chi connectivity index (χ1) is 10.2. The van der Waals surface area contributed by atoms with Gasteiger partial charge in [-0.15, -0.1) is 0 Å². The molecule has 1 aliphatic heterocycles. The standard InChI is InChI=1S/C16H25NO4/c1-4-5-17-10-13-8-15-16(21-11-20-15)9-14(13)19-7-6-18-12(2)3/h8-9,12,17H,4-7,10-11H2,1-3H3. The van der Waals surface area contributed by atoms with Crippen molar-refractivity contribution in [2.75, 3.05) is 26.6 Å². The largest absolute Gasteiger partial charge is 0.491 e. The van der Waals surface area contributed by atoms with Gasteiger partial charge < -0.3 is 24.3 Å².